The van der Waals surface area contributed by atoms with Crippen LogP contribution in [0.1, 0.15) is 57.4 Å². The van der Waals surface area contributed by atoms with Crippen LogP contribution in [0.4, 0.5) is 4.39 Å². The largest absolute Gasteiger partial charge is 0.468 e. The number of esters is 2. The van der Waals surface area contributed by atoms with Gasteiger partial charge in [-0.2, -0.15) is 0 Å². The summed E-state index contributed by atoms with van der Waals surface area (Å²) in [7, 11) is 1.24. The Balaban J connectivity index is 1.82. The fourth-order valence-electron chi connectivity index (χ4n) is 5.19. The summed E-state index contributed by atoms with van der Waals surface area (Å²) in [6, 6.07) is 6.11. The van der Waals surface area contributed by atoms with Gasteiger partial charge in [0, 0.05) is 22.5 Å². The number of carbonyl (C=O) groups is 3. The highest BCUT2D eigenvalue weighted by atomic mass is 19.1. The van der Waals surface area contributed by atoms with Crippen molar-refractivity contribution in [2.75, 3.05) is 7.11 Å². The van der Waals surface area contributed by atoms with Crippen molar-refractivity contribution in [3.8, 4) is 0 Å². The van der Waals surface area contributed by atoms with Gasteiger partial charge in [0.2, 0.25) is 0 Å². The molecule has 0 unspecified atom stereocenters. The molecule has 7 heteroatoms. The predicted molar refractivity (Wildman–Crippen MR) is 115 cm³/mol. The average Bonchev–Trinajstić information content (AvgIpc) is 3.25. The Kier molecular flexibility index (Phi) is 6.17. The molecule has 4 rings (SSSR count). The molecule has 0 saturated heterocycles. The van der Waals surface area contributed by atoms with Crippen molar-refractivity contribution in [3.63, 3.8) is 0 Å². The molecule has 32 heavy (non-hydrogen) atoms. The summed E-state index contributed by atoms with van der Waals surface area (Å²) in [5.74, 6) is -4.38. The van der Waals surface area contributed by atoms with Crippen LogP contribution in [0.25, 0.3) is 0 Å². The summed E-state index contributed by atoms with van der Waals surface area (Å²) in [5, 5.41) is 3.19. The maximum atomic E-state index is 15.0. The van der Waals surface area contributed by atoms with Crippen LogP contribution in [0.2, 0.25) is 0 Å². The van der Waals surface area contributed by atoms with Gasteiger partial charge in [0.15, 0.2) is 5.78 Å². The summed E-state index contributed by atoms with van der Waals surface area (Å²) < 4.78 is 25.6. The quantitative estimate of drug-likeness (QED) is 0.563. The average molecular weight is 441 g/mol. The van der Waals surface area contributed by atoms with Crippen LogP contribution in [0, 0.1) is 17.7 Å². The molecular weight excluding hydrogens is 413 g/mol. The third kappa shape index (κ3) is 3.85. The van der Waals surface area contributed by atoms with Crippen molar-refractivity contribution in [1.29, 1.82) is 0 Å². The maximum Gasteiger partial charge on any atom is 0.337 e. The van der Waals surface area contributed by atoms with Crippen molar-refractivity contribution < 1.29 is 28.2 Å². The number of Topliss-reactive ketones (excluding diaryl/α,β-unsaturated/α-hetero) is 1. The smallest absolute Gasteiger partial charge is 0.337 e. The first-order chi connectivity index (χ1) is 15.3. The van der Waals surface area contributed by atoms with E-state index in [9.17, 15) is 14.4 Å². The van der Waals surface area contributed by atoms with Crippen LogP contribution in [-0.4, -0.2) is 30.9 Å². The van der Waals surface area contributed by atoms with Gasteiger partial charge in [0.25, 0.3) is 0 Å². The van der Waals surface area contributed by atoms with Crippen molar-refractivity contribution >= 4 is 17.7 Å². The zero-order valence-corrected chi connectivity index (χ0v) is 18.6. The fraction of sp³-hybridized carbons (Fsp3) is 0.480. The van der Waals surface area contributed by atoms with Gasteiger partial charge in [0.05, 0.1) is 18.6 Å². The molecule has 3 aliphatic rings. The van der Waals surface area contributed by atoms with Crippen LogP contribution in [0.15, 0.2) is 46.8 Å². The van der Waals surface area contributed by atoms with Crippen molar-refractivity contribution in [1.82, 2.24) is 5.32 Å². The Morgan fingerprint density at radius 1 is 1.16 bits per heavy atom. The summed E-state index contributed by atoms with van der Waals surface area (Å²) in [5.41, 5.74) is 1.83. The van der Waals surface area contributed by atoms with Crippen LogP contribution < -0.4 is 5.32 Å². The Morgan fingerprint density at radius 2 is 1.84 bits per heavy atom. The van der Waals surface area contributed by atoms with Crippen molar-refractivity contribution in [2.24, 2.45) is 11.8 Å². The zero-order valence-electron chi connectivity index (χ0n) is 18.6. The minimum absolute atomic E-state index is 0.177. The monoisotopic (exact) mass is 441 g/mol. The number of benzene rings is 1. The second kappa shape index (κ2) is 8.88. The van der Waals surface area contributed by atoms with Crippen molar-refractivity contribution in [2.45, 2.75) is 58.0 Å². The first-order valence-electron chi connectivity index (χ1n) is 11.1. The molecule has 1 N–H and O–H groups in total. The molecule has 170 valence electrons. The second-order valence-electron chi connectivity index (χ2n) is 8.87. The van der Waals surface area contributed by atoms with Gasteiger partial charge in [-0.3, -0.25) is 9.59 Å². The summed E-state index contributed by atoms with van der Waals surface area (Å²) in [6.07, 6.45) is 3.82. The Hall–Kier alpha value is -2.96. The topological polar surface area (TPSA) is 81.7 Å². The van der Waals surface area contributed by atoms with E-state index < -0.39 is 35.4 Å². The molecule has 1 fully saturated rings. The van der Waals surface area contributed by atoms with Crippen LogP contribution >= 0.6 is 0 Å². The van der Waals surface area contributed by atoms with E-state index in [1.807, 2.05) is 6.92 Å². The number of hydrogen-bond acceptors (Lipinski definition) is 6. The molecule has 1 saturated carbocycles. The second-order valence-corrected chi connectivity index (χ2v) is 8.87. The Labute approximate surface area is 186 Å². The number of halogens is 1. The fourth-order valence-corrected chi connectivity index (χ4v) is 5.19. The predicted octanol–water partition coefficient (Wildman–Crippen LogP) is 3.92. The standard InChI is InChI=1S/C25H28FNO5/c1-13-12-18-22(23(28)19(13)24(29)31-3)21(16-10-6-7-11-17(16)26)20(14(2)27-18)25(30)32-15-8-4-5-9-15/h6-7,10-11,13,15,19,21,27H,4-5,8-9,12H2,1-3H3/t13-,19-,21+/m0/s1. The summed E-state index contributed by atoms with van der Waals surface area (Å²) in [4.78, 5) is 39.3. The molecular formula is C25H28FNO5. The number of methoxy groups -OCH3 is 1. The lowest BCUT2D eigenvalue weighted by atomic mass is 9.69. The zero-order chi connectivity index (χ0) is 23.0. The highest BCUT2D eigenvalue weighted by molar-refractivity contribution is 6.12. The first-order valence-corrected chi connectivity index (χ1v) is 11.1. The highest BCUT2D eigenvalue weighted by Gasteiger charge is 2.48. The van der Waals surface area contributed by atoms with Crippen molar-refractivity contribution in [3.05, 3.63) is 58.2 Å². The van der Waals surface area contributed by atoms with Gasteiger partial charge < -0.3 is 14.8 Å². The van der Waals surface area contributed by atoms with Gasteiger partial charge in [0.1, 0.15) is 17.8 Å². The molecule has 1 aromatic rings. The maximum absolute atomic E-state index is 15.0. The number of dihydropyridines is 1. The normalized spacial score (nSPS) is 26.0. The van der Waals surface area contributed by atoms with E-state index >= 15 is 4.39 Å². The molecule has 0 spiro atoms. The molecule has 0 amide bonds. The van der Waals surface area contributed by atoms with E-state index in [1.165, 1.54) is 13.2 Å². The van der Waals surface area contributed by atoms with Gasteiger partial charge in [-0.25, -0.2) is 9.18 Å². The molecule has 2 aliphatic carbocycles. The molecule has 3 atom stereocenters. The lowest BCUT2D eigenvalue weighted by Crippen LogP contribution is -2.43. The molecule has 6 nitrogen and oxygen atoms in total. The van der Waals surface area contributed by atoms with E-state index in [0.717, 1.165) is 25.7 Å². The third-order valence-corrected chi connectivity index (χ3v) is 6.76. The molecule has 0 radical (unpaired) electrons. The Bertz CT molecular complexity index is 1020. The lowest BCUT2D eigenvalue weighted by Gasteiger charge is -2.38. The van der Waals surface area contributed by atoms with Gasteiger partial charge in [-0.05, 0) is 51.0 Å². The molecule has 1 heterocycles. The first kappa shape index (κ1) is 22.2. The van der Waals surface area contributed by atoms with E-state index in [4.69, 9.17) is 9.47 Å². The number of ketones is 1. The van der Waals surface area contributed by atoms with E-state index in [0.29, 0.717) is 17.8 Å². The van der Waals surface area contributed by atoms with E-state index in [2.05, 4.69) is 5.32 Å². The number of hydrogen-bond donors (Lipinski definition) is 1. The van der Waals surface area contributed by atoms with Crippen LogP contribution in [0.5, 0.6) is 0 Å². The van der Waals surface area contributed by atoms with Crippen LogP contribution in [0.3, 0.4) is 0 Å². The molecule has 0 aromatic heterocycles. The number of ether oxygens (including phenoxy) is 2. The molecule has 1 aromatic carbocycles. The van der Waals surface area contributed by atoms with Gasteiger partial charge in [-0.1, -0.05) is 25.1 Å². The number of rotatable bonds is 4. The van der Waals surface area contributed by atoms with E-state index in [-0.39, 0.29) is 28.7 Å². The summed E-state index contributed by atoms with van der Waals surface area (Å²) in [6.45, 7) is 3.55. The number of nitrogens with one attached hydrogen (secondary N) is 1. The van der Waals surface area contributed by atoms with Gasteiger partial charge >= 0.3 is 11.9 Å². The minimum atomic E-state index is -1.000. The third-order valence-electron chi connectivity index (χ3n) is 6.76. The minimum Gasteiger partial charge on any atom is -0.468 e. The highest BCUT2D eigenvalue weighted by Crippen LogP contribution is 2.46. The molecule has 1 aliphatic heterocycles. The molecule has 0 bridgehead atoms. The number of allylic oxidation sites excluding steroid dienone is 3. The van der Waals surface area contributed by atoms with Crippen LogP contribution in [-0.2, 0) is 23.9 Å². The Morgan fingerprint density at radius 3 is 2.50 bits per heavy atom. The number of carbonyl (C=O) groups excluding carboxylic acids is 3. The summed E-state index contributed by atoms with van der Waals surface area (Å²) >= 11 is 0. The lowest BCUT2D eigenvalue weighted by molar-refractivity contribution is -0.151. The van der Waals surface area contributed by atoms with E-state index in [1.54, 1.807) is 25.1 Å². The van der Waals surface area contributed by atoms with Gasteiger partial charge in [-0.15, -0.1) is 0 Å². The SMILES string of the molecule is COC(=O)[C@@H]1C(=O)C2=C(C[C@@H]1C)NC(C)=C(C(=O)OC1CCCC1)[C@H]2c1ccccc1F.